The van der Waals surface area contributed by atoms with Crippen molar-refractivity contribution in [2.75, 3.05) is 19.8 Å². The second kappa shape index (κ2) is 8.17. The highest BCUT2D eigenvalue weighted by molar-refractivity contribution is 7.98. The lowest BCUT2D eigenvalue weighted by Crippen LogP contribution is -2.36. The van der Waals surface area contributed by atoms with Crippen molar-refractivity contribution in [2.45, 2.75) is 48.2 Å². The molecule has 2 heterocycles. The number of furan rings is 1. The van der Waals surface area contributed by atoms with Gasteiger partial charge >= 0.3 is 0 Å². The Morgan fingerprint density at radius 3 is 2.65 bits per heavy atom. The first-order chi connectivity index (χ1) is 12.8. The molecule has 1 spiro atoms. The van der Waals surface area contributed by atoms with Crippen molar-refractivity contribution in [3.8, 4) is 0 Å². The van der Waals surface area contributed by atoms with Crippen LogP contribution in [0.4, 0.5) is 0 Å². The van der Waals surface area contributed by atoms with E-state index < -0.39 is 5.79 Å². The highest BCUT2D eigenvalue weighted by Gasteiger charge is 2.53. The quantitative estimate of drug-likeness (QED) is 0.719. The molecule has 1 aliphatic carbocycles. The third-order valence-electron chi connectivity index (χ3n) is 5.50. The van der Waals surface area contributed by atoms with Crippen LogP contribution in [-0.2, 0) is 15.2 Å². The molecule has 1 aromatic carbocycles. The summed E-state index contributed by atoms with van der Waals surface area (Å²) >= 11 is 1.73. The van der Waals surface area contributed by atoms with Crippen LogP contribution < -0.4 is 0 Å². The molecule has 2 atom stereocenters. The molecule has 4 nitrogen and oxygen atoms in total. The molecule has 2 fully saturated rings. The molecule has 2 aliphatic rings. The van der Waals surface area contributed by atoms with E-state index in [1.165, 1.54) is 5.56 Å². The maximum atomic E-state index is 9.29. The zero-order chi connectivity index (χ0) is 17.8. The fraction of sp³-hybridized carbons (Fsp3) is 0.524. The fourth-order valence-corrected chi connectivity index (χ4v) is 5.11. The molecule has 4 rings (SSSR count). The summed E-state index contributed by atoms with van der Waals surface area (Å²) in [4.78, 5) is 0. The van der Waals surface area contributed by atoms with Gasteiger partial charge in [-0.05, 0) is 37.0 Å². The summed E-state index contributed by atoms with van der Waals surface area (Å²) < 4.78 is 18.2. The monoisotopic (exact) mass is 374 g/mol. The van der Waals surface area contributed by atoms with Crippen molar-refractivity contribution in [1.82, 2.24) is 0 Å². The number of thioether (sulfide) groups is 1. The van der Waals surface area contributed by atoms with Gasteiger partial charge in [0, 0.05) is 30.6 Å². The van der Waals surface area contributed by atoms with E-state index in [0.717, 1.165) is 42.3 Å². The van der Waals surface area contributed by atoms with Gasteiger partial charge < -0.3 is 19.0 Å². The molecule has 1 N–H and O–H groups in total. The van der Waals surface area contributed by atoms with Gasteiger partial charge in [-0.3, -0.25) is 0 Å². The van der Waals surface area contributed by atoms with Crippen LogP contribution in [-0.4, -0.2) is 30.7 Å². The van der Waals surface area contributed by atoms with Crippen molar-refractivity contribution in [3.05, 3.63) is 53.8 Å². The van der Waals surface area contributed by atoms with Gasteiger partial charge in [-0.25, -0.2) is 0 Å². The van der Waals surface area contributed by atoms with Crippen molar-refractivity contribution in [2.24, 2.45) is 5.92 Å². The van der Waals surface area contributed by atoms with Crippen LogP contribution >= 0.6 is 11.8 Å². The Morgan fingerprint density at radius 1 is 1.08 bits per heavy atom. The first-order valence-corrected chi connectivity index (χ1v) is 10.4. The molecule has 1 aromatic heterocycles. The third-order valence-corrected chi connectivity index (χ3v) is 6.48. The lowest BCUT2D eigenvalue weighted by molar-refractivity contribution is -0.185. The lowest BCUT2D eigenvalue weighted by atomic mass is 9.87. The van der Waals surface area contributed by atoms with Crippen LogP contribution in [0.1, 0.15) is 42.9 Å². The lowest BCUT2D eigenvalue weighted by Gasteiger charge is -2.31. The van der Waals surface area contributed by atoms with E-state index in [-0.39, 0.29) is 12.5 Å². The summed E-state index contributed by atoms with van der Waals surface area (Å²) in [5.41, 5.74) is 1.30. The van der Waals surface area contributed by atoms with Crippen LogP contribution in [0.15, 0.2) is 52.0 Å². The molecule has 0 unspecified atom stereocenters. The van der Waals surface area contributed by atoms with Gasteiger partial charge in [0.05, 0.1) is 13.2 Å². The largest absolute Gasteiger partial charge is 0.455 e. The number of aliphatic hydroxyl groups is 1. The number of hydrogen-bond donors (Lipinski definition) is 1. The van der Waals surface area contributed by atoms with Crippen molar-refractivity contribution in [3.63, 3.8) is 0 Å². The van der Waals surface area contributed by atoms with Crippen LogP contribution in [0.25, 0.3) is 0 Å². The number of hydrogen-bond acceptors (Lipinski definition) is 5. The Bertz CT molecular complexity index is 693. The van der Waals surface area contributed by atoms with Gasteiger partial charge in [0.25, 0.3) is 0 Å². The summed E-state index contributed by atoms with van der Waals surface area (Å²) in [7, 11) is 0. The number of ether oxygens (including phenoxy) is 2. The van der Waals surface area contributed by atoms with Gasteiger partial charge in [0.2, 0.25) is 0 Å². The van der Waals surface area contributed by atoms with Gasteiger partial charge in [0.1, 0.15) is 5.76 Å². The highest BCUT2D eigenvalue weighted by Crippen LogP contribution is 2.52. The van der Waals surface area contributed by atoms with Crippen molar-refractivity contribution >= 4 is 11.8 Å². The van der Waals surface area contributed by atoms with E-state index in [2.05, 4.69) is 36.4 Å². The second-order valence-electron chi connectivity index (χ2n) is 7.06. The molecule has 0 amide bonds. The molecule has 2 aromatic rings. The first kappa shape index (κ1) is 18.1. The Kier molecular flexibility index (Phi) is 5.69. The predicted octanol–water partition coefficient (Wildman–Crippen LogP) is 4.58. The summed E-state index contributed by atoms with van der Waals surface area (Å²) in [5.74, 6) is 2.01. The minimum absolute atomic E-state index is 0.204. The predicted molar refractivity (Wildman–Crippen MR) is 101 cm³/mol. The van der Waals surface area contributed by atoms with E-state index in [4.69, 9.17) is 13.9 Å². The van der Waals surface area contributed by atoms with Crippen LogP contribution in [0.2, 0.25) is 0 Å². The maximum Gasteiger partial charge on any atom is 0.171 e. The van der Waals surface area contributed by atoms with Crippen LogP contribution in [0.3, 0.4) is 0 Å². The summed E-state index contributed by atoms with van der Waals surface area (Å²) in [6.07, 6.45) is 3.58. The van der Waals surface area contributed by atoms with E-state index in [1.807, 2.05) is 6.07 Å². The molecular formula is C21H26O4S. The third kappa shape index (κ3) is 3.72. The minimum Gasteiger partial charge on any atom is -0.455 e. The molecule has 0 bridgehead atoms. The molecule has 1 saturated heterocycles. The zero-order valence-corrected chi connectivity index (χ0v) is 15.7. The summed E-state index contributed by atoms with van der Waals surface area (Å²) in [5, 5.41) is 10.2. The minimum atomic E-state index is -0.468. The van der Waals surface area contributed by atoms with Crippen molar-refractivity contribution in [1.29, 1.82) is 0 Å². The zero-order valence-electron chi connectivity index (χ0n) is 14.9. The van der Waals surface area contributed by atoms with Crippen LogP contribution in [0.5, 0.6) is 0 Å². The average molecular weight is 375 g/mol. The fourth-order valence-electron chi connectivity index (χ4n) is 4.29. The summed E-state index contributed by atoms with van der Waals surface area (Å²) in [6, 6.07) is 14.6. The molecule has 26 heavy (non-hydrogen) atoms. The van der Waals surface area contributed by atoms with Gasteiger partial charge in [-0.2, -0.15) is 0 Å². The second-order valence-corrected chi connectivity index (χ2v) is 8.04. The van der Waals surface area contributed by atoms with Gasteiger partial charge in [0.15, 0.2) is 10.9 Å². The van der Waals surface area contributed by atoms with Crippen LogP contribution in [0, 0.1) is 5.92 Å². The molecule has 5 heteroatoms. The Balaban J connectivity index is 1.45. The normalized spacial score (nSPS) is 24.5. The number of rotatable bonds is 7. The van der Waals surface area contributed by atoms with Crippen molar-refractivity contribution < 1.29 is 19.0 Å². The molecule has 1 aliphatic heterocycles. The molecule has 0 radical (unpaired) electrons. The molecule has 1 saturated carbocycles. The standard InChI is InChI=1S/C21H26O4S/c22-12-4-7-18-17(10-11-21(18)23-13-14-24-21)19-8-9-20(25-19)26-15-16-5-2-1-3-6-16/h1-3,5-6,8-9,17-18,22H,4,7,10-15H2/t17-,18+/m1/s1. The Morgan fingerprint density at radius 2 is 1.88 bits per heavy atom. The SMILES string of the molecule is OCCC[C@H]1[C@H](c2ccc(SCc3ccccc3)o2)CCC12OCCO2. The van der Waals surface area contributed by atoms with E-state index in [0.29, 0.717) is 19.1 Å². The summed E-state index contributed by atoms with van der Waals surface area (Å²) in [6.45, 7) is 1.53. The Labute approximate surface area is 158 Å². The maximum absolute atomic E-state index is 9.29. The van der Waals surface area contributed by atoms with E-state index in [1.54, 1.807) is 11.8 Å². The molecule has 140 valence electrons. The van der Waals surface area contributed by atoms with E-state index in [9.17, 15) is 5.11 Å². The number of aliphatic hydroxyl groups excluding tert-OH is 1. The topological polar surface area (TPSA) is 51.8 Å². The smallest absolute Gasteiger partial charge is 0.171 e. The Hall–Kier alpha value is -1.27. The average Bonchev–Trinajstić information content (AvgIpc) is 3.41. The highest BCUT2D eigenvalue weighted by atomic mass is 32.2. The van der Waals surface area contributed by atoms with Gasteiger partial charge in [-0.1, -0.05) is 42.1 Å². The van der Waals surface area contributed by atoms with Gasteiger partial charge in [-0.15, -0.1) is 0 Å². The van der Waals surface area contributed by atoms with E-state index >= 15 is 0 Å². The number of benzene rings is 1. The first-order valence-electron chi connectivity index (χ1n) is 9.46. The molecular weight excluding hydrogens is 348 g/mol.